The molecule has 0 saturated heterocycles. The third-order valence-corrected chi connectivity index (χ3v) is 4.29. The molecule has 1 aliphatic carbocycles. The van der Waals surface area contributed by atoms with E-state index in [1.54, 1.807) is 0 Å². The highest BCUT2D eigenvalue weighted by atomic mass is 35.5. The molecule has 0 fully saturated rings. The Morgan fingerprint density at radius 1 is 1.10 bits per heavy atom. The van der Waals surface area contributed by atoms with E-state index in [2.05, 4.69) is 42.6 Å². The molecule has 3 rings (SSSR count). The van der Waals surface area contributed by atoms with E-state index < -0.39 is 0 Å². The van der Waals surface area contributed by atoms with Crippen LogP contribution >= 0.6 is 11.6 Å². The van der Waals surface area contributed by atoms with Gasteiger partial charge >= 0.3 is 0 Å². The number of rotatable bonds is 4. The molecule has 0 heterocycles. The number of benzene rings is 2. The van der Waals surface area contributed by atoms with Crippen LogP contribution < -0.4 is 5.32 Å². The Labute approximate surface area is 126 Å². The molecule has 1 atom stereocenters. The largest absolute Gasteiger partial charge is 0.310 e. The maximum Gasteiger partial charge on any atom is 0.0406 e. The summed E-state index contributed by atoms with van der Waals surface area (Å²) in [7, 11) is 0. The van der Waals surface area contributed by atoms with Crippen LogP contribution in [-0.4, -0.2) is 6.54 Å². The van der Waals surface area contributed by atoms with E-state index in [1.165, 1.54) is 41.5 Å². The first-order valence-corrected chi connectivity index (χ1v) is 7.78. The fourth-order valence-electron chi connectivity index (χ4n) is 2.97. The van der Waals surface area contributed by atoms with Crippen molar-refractivity contribution in [3.63, 3.8) is 0 Å². The maximum atomic E-state index is 5.95. The van der Waals surface area contributed by atoms with Gasteiger partial charge in [-0.1, -0.05) is 48.9 Å². The van der Waals surface area contributed by atoms with E-state index in [0.717, 1.165) is 11.6 Å². The lowest BCUT2D eigenvalue weighted by Gasteiger charge is -2.13. The highest BCUT2D eigenvalue weighted by molar-refractivity contribution is 6.30. The topological polar surface area (TPSA) is 12.0 Å². The van der Waals surface area contributed by atoms with Gasteiger partial charge in [-0.3, -0.25) is 0 Å². The van der Waals surface area contributed by atoms with Gasteiger partial charge in [-0.2, -0.15) is 0 Å². The van der Waals surface area contributed by atoms with Crippen molar-refractivity contribution in [2.75, 3.05) is 6.54 Å². The SMILES string of the molecule is CCCNC1CCc2cc(-c3ccc(Cl)cc3)ccc21. The molecule has 1 N–H and O–H groups in total. The van der Waals surface area contributed by atoms with Gasteiger partial charge in [0.05, 0.1) is 0 Å². The van der Waals surface area contributed by atoms with Gasteiger partial charge in [0.25, 0.3) is 0 Å². The molecule has 2 aromatic carbocycles. The third kappa shape index (κ3) is 2.74. The second kappa shape index (κ2) is 5.99. The van der Waals surface area contributed by atoms with Gasteiger partial charge in [-0.05, 0) is 60.2 Å². The molecule has 0 saturated carbocycles. The summed E-state index contributed by atoms with van der Waals surface area (Å²) in [5.74, 6) is 0. The van der Waals surface area contributed by atoms with Crippen molar-refractivity contribution in [3.8, 4) is 11.1 Å². The highest BCUT2D eigenvalue weighted by Gasteiger charge is 2.21. The normalized spacial score (nSPS) is 17.2. The first-order chi connectivity index (χ1) is 9.78. The van der Waals surface area contributed by atoms with Gasteiger partial charge in [-0.25, -0.2) is 0 Å². The first kappa shape index (κ1) is 13.7. The number of hydrogen-bond acceptors (Lipinski definition) is 1. The molecular formula is C18H20ClN. The summed E-state index contributed by atoms with van der Waals surface area (Å²) >= 11 is 5.95. The van der Waals surface area contributed by atoms with Crippen LogP contribution in [0, 0.1) is 0 Å². The van der Waals surface area contributed by atoms with E-state index in [0.29, 0.717) is 6.04 Å². The van der Waals surface area contributed by atoms with Crippen LogP contribution in [0.4, 0.5) is 0 Å². The standard InChI is InChI=1S/C18H20ClN/c1-2-11-20-18-10-6-15-12-14(5-9-17(15)18)13-3-7-16(19)8-4-13/h3-5,7-9,12,18,20H,2,6,10-11H2,1H3. The molecule has 1 unspecified atom stereocenters. The van der Waals surface area contributed by atoms with E-state index in [9.17, 15) is 0 Å². The minimum atomic E-state index is 0.546. The lowest BCUT2D eigenvalue weighted by molar-refractivity contribution is 0.529. The van der Waals surface area contributed by atoms with Gasteiger partial charge in [0, 0.05) is 11.1 Å². The first-order valence-electron chi connectivity index (χ1n) is 7.40. The number of nitrogens with one attached hydrogen (secondary N) is 1. The summed E-state index contributed by atoms with van der Waals surface area (Å²) in [6.45, 7) is 3.32. The second-order valence-electron chi connectivity index (χ2n) is 5.47. The summed E-state index contributed by atoms with van der Waals surface area (Å²) in [5, 5.41) is 4.43. The van der Waals surface area contributed by atoms with Crippen molar-refractivity contribution < 1.29 is 0 Å². The molecule has 0 bridgehead atoms. The second-order valence-corrected chi connectivity index (χ2v) is 5.90. The Bertz CT molecular complexity index is 589. The van der Waals surface area contributed by atoms with Crippen molar-refractivity contribution >= 4 is 11.6 Å². The smallest absolute Gasteiger partial charge is 0.0406 e. The van der Waals surface area contributed by atoms with Gasteiger partial charge in [0.15, 0.2) is 0 Å². The monoisotopic (exact) mass is 285 g/mol. The predicted molar refractivity (Wildman–Crippen MR) is 86.2 cm³/mol. The Kier molecular flexibility index (Phi) is 4.09. The number of aryl methyl sites for hydroxylation is 1. The van der Waals surface area contributed by atoms with Gasteiger partial charge < -0.3 is 5.32 Å². The van der Waals surface area contributed by atoms with Crippen molar-refractivity contribution in [3.05, 3.63) is 58.6 Å². The number of fused-ring (bicyclic) bond motifs is 1. The summed E-state index contributed by atoms with van der Waals surface area (Å²) in [6, 6.07) is 15.5. The van der Waals surface area contributed by atoms with Gasteiger partial charge in [0.1, 0.15) is 0 Å². The van der Waals surface area contributed by atoms with Crippen molar-refractivity contribution in [1.82, 2.24) is 5.32 Å². The fourth-order valence-corrected chi connectivity index (χ4v) is 3.10. The molecule has 0 amide bonds. The number of hydrogen-bond donors (Lipinski definition) is 1. The van der Waals surface area contributed by atoms with Gasteiger partial charge in [-0.15, -0.1) is 0 Å². The van der Waals surface area contributed by atoms with E-state index in [4.69, 9.17) is 11.6 Å². The Hall–Kier alpha value is -1.31. The maximum absolute atomic E-state index is 5.95. The predicted octanol–water partition coefficient (Wildman–Crippen LogP) is 4.99. The minimum Gasteiger partial charge on any atom is -0.310 e. The van der Waals surface area contributed by atoms with E-state index in [-0.39, 0.29) is 0 Å². The molecule has 104 valence electrons. The molecule has 0 spiro atoms. The average molecular weight is 286 g/mol. The van der Waals surface area contributed by atoms with Crippen LogP contribution in [0.1, 0.15) is 36.9 Å². The Morgan fingerprint density at radius 3 is 2.60 bits per heavy atom. The zero-order valence-electron chi connectivity index (χ0n) is 11.8. The van der Waals surface area contributed by atoms with Crippen LogP contribution in [0.15, 0.2) is 42.5 Å². The lowest BCUT2D eigenvalue weighted by atomic mass is 10.00. The molecule has 20 heavy (non-hydrogen) atoms. The molecular weight excluding hydrogens is 266 g/mol. The summed E-state index contributed by atoms with van der Waals surface area (Å²) in [4.78, 5) is 0. The molecule has 0 radical (unpaired) electrons. The average Bonchev–Trinajstić information content (AvgIpc) is 2.88. The molecule has 0 aliphatic heterocycles. The molecule has 1 nitrogen and oxygen atoms in total. The van der Waals surface area contributed by atoms with Crippen LogP contribution in [0.5, 0.6) is 0 Å². The third-order valence-electron chi connectivity index (χ3n) is 4.04. The fraction of sp³-hybridized carbons (Fsp3) is 0.333. The Morgan fingerprint density at radius 2 is 1.85 bits per heavy atom. The van der Waals surface area contributed by atoms with Crippen LogP contribution in [0.3, 0.4) is 0 Å². The summed E-state index contributed by atoms with van der Waals surface area (Å²) in [6.07, 6.45) is 3.59. The Balaban J connectivity index is 1.85. The molecule has 2 aromatic rings. The minimum absolute atomic E-state index is 0.546. The quantitative estimate of drug-likeness (QED) is 0.834. The molecule has 1 aliphatic rings. The molecule has 2 heteroatoms. The lowest BCUT2D eigenvalue weighted by Crippen LogP contribution is -2.19. The summed E-state index contributed by atoms with van der Waals surface area (Å²) < 4.78 is 0. The summed E-state index contributed by atoms with van der Waals surface area (Å²) in [5.41, 5.74) is 5.50. The van der Waals surface area contributed by atoms with Crippen LogP contribution in [-0.2, 0) is 6.42 Å². The van der Waals surface area contributed by atoms with E-state index in [1.807, 2.05) is 12.1 Å². The van der Waals surface area contributed by atoms with Crippen molar-refractivity contribution in [2.45, 2.75) is 32.2 Å². The van der Waals surface area contributed by atoms with E-state index >= 15 is 0 Å². The van der Waals surface area contributed by atoms with Gasteiger partial charge in [0.2, 0.25) is 0 Å². The number of halogens is 1. The molecule has 0 aromatic heterocycles. The zero-order chi connectivity index (χ0) is 13.9. The van der Waals surface area contributed by atoms with Crippen molar-refractivity contribution in [2.24, 2.45) is 0 Å². The van der Waals surface area contributed by atoms with Crippen molar-refractivity contribution in [1.29, 1.82) is 0 Å². The highest BCUT2D eigenvalue weighted by Crippen LogP contribution is 2.34. The van der Waals surface area contributed by atoms with Crippen LogP contribution in [0.2, 0.25) is 5.02 Å². The van der Waals surface area contributed by atoms with Crippen LogP contribution in [0.25, 0.3) is 11.1 Å². The zero-order valence-corrected chi connectivity index (χ0v) is 12.6.